The summed E-state index contributed by atoms with van der Waals surface area (Å²) in [5.74, 6) is -0.739. The predicted octanol–water partition coefficient (Wildman–Crippen LogP) is 2.47. The highest BCUT2D eigenvalue weighted by Gasteiger charge is 2.33. The number of carbonyl (C=O) groups is 1. The minimum atomic E-state index is -0.703. The lowest BCUT2D eigenvalue weighted by Gasteiger charge is -2.23. The van der Waals surface area contributed by atoms with Gasteiger partial charge in [-0.2, -0.15) is 0 Å². The van der Waals surface area contributed by atoms with Crippen molar-refractivity contribution in [3.05, 3.63) is 87.2 Å². The van der Waals surface area contributed by atoms with Gasteiger partial charge in [-0.3, -0.25) is 19.5 Å². The molecule has 1 atom stereocenters. The Kier molecular flexibility index (Phi) is 5.76. The number of nitro benzene ring substituents is 1. The summed E-state index contributed by atoms with van der Waals surface area (Å²) in [4.78, 5) is 42.2. The van der Waals surface area contributed by atoms with Crippen LogP contribution in [0.15, 0.2) is 56.8 Å². The molecule has 0 saturated heterocycles. The number of allylic oxidation sites excluding steroid dienone is 1. The molecule has 0 spiro atoms. The molecule has 1 aromatic carbocycles. The number of nitro groups is 1. The molecule has 1 aliphatic heterocycles. The van der Waals surface area contributed by atoms with Crippen molar-refractivity contribution in [2.45, 2.75) is 19.9 Å². The van der Waals surface area contributed by atoms with Gasteiger partial charge in [0.25, 0.3) is 11.2 Å². The van der Waals surface area contributed by atoms with Gasteiger partial charge in [-0.25, -0.2) is 9.79 Å². The first-order valence-corrected chi connectivity index (χ1v) is 11.2. The molecule has 3 heterocycles. The molecule has 164 valence electrons. The van der Waals surface area contributed by atoms with Gasteiger partial charge in [-0.1, -0.05) is 17.4 Å². The summed E-state index contributed by atoms with van der Waals surface area (Å²) in [7, 11) is 0. The Labute approximate surface area is 189 Å². The number of rotatable bonds is 5. The second kappa shape index (κ2) is 8.52. The smallest absolute Gasteiger partial charge is 0.338 e. The molecular weight excluding hydrogens is 454 g/mol. The van der Waals surface area contributed by atoms with Crippen LogP contribution in [0.5, 0.6) is 5.75 Å². The Balaban J connectivity index is 1.95. The fourth-order valence-corrected chi connectivity index (χ4v) is 5.28. The molecule has 4 rings (SSSR count). The van der Waals surface area contributed by atoms with E-state index in [-0.39, 0.29) is 33.7 Å². The second-order valence-electron chi connectivity index (χ2n) is 6.82. The first-order valence-electron chi connectivity index (χ1n) is 9.52. The third-order valence-electron chi connectivity index (χ3n) is 4.84. The molecule has 32 heavy (non-hydrogen) atoms. The molecule has 2 aromatic heterocycles. The molecule has 1 aliphatic rings. The number of benzene rings is 1. The molecule has 3 aromatic rings. The summed E-state index contributed by atoms with van der Waals surface area (Å²) >= 11 is 2.48. The minimum absolute atomic E-state index is 0.137. The van der Waals surface area contributed by atoms with Crippen LogP contribution in [0.25, 0.3) is 6.08 Å². The van der Waals surface area contributed by atoms with Crippen molar-refractivity contribution in [2.75, 3.05) is 6.61 Å². The van der Waals surface area contributed by atoms with Gasteiger partial charge in [0.2, 0.25) is 0 Å². The van der Waals surface area contributed by atoms with E-state index in [4.69, 9.17) is 4.74 Å². The first-order chi connectivity index (χ1) is 15.3. The maximum Gasteiger partial charge on any atom is 0.338 e. The molecule has 0 saturated carbocycles. The number of phenols is 1. The highest BCUT2D eigenvalue weighted by atomic mass is 32.1. The van der Waals surface area contributed by atoms with Gasteiger partial charge in [-0.05, 0) is 37.4 Å². The van der Waals surface area contributed by atoms with Crippen molar-refractivity contribution < 1.29 is 19.6 Å². The predicted molar refractivity (Wildman–Crippen MR) is 119 cm³/mol. The number of carbonyl (C=O) groups excluding carboxylic acids is 1. The summed E-state index contributed by atoms with van der Waals surface area (Å²) in [5, 5.41) is 23.1. The molecule has 0 fully saturated rings. The number of aromatic nitrogens is 1. The van der Waals surface area contributed by atoms with E-state index in [9.17, 15) is 24.8 Å². The molecule has 9 nitrogen and oxygen atoms in total. The number of fused-ring (bicyclic) bond motifs is 1. The van der Waals surface area contributed by atoms with Crippen molar-refractivity contribution in [3.63, 3.8) is 0 Å². The summed E-state index contributed by atoms with van der Waals surface area (Å²) < 4.78 is 6.87. The van der Waals surface area contributed by atoms with Crippen LogP contribution in [-0.2, 0) is 9.53 Å². The van der Waals surface area contributed by atoms with Crippen LogP contribution < -0.4 is 14.9 Å². The van der Waals surface area contributed by atoms with Gasteiger partial charge in [-0.15, -0.1) is 11.3 Å². The molecule has 0 aliphatic carbocycles. The quantitative estimate of drug-likeness (QED) is 0.346. The summed E-state index contributed by atoms with van der Waals surface area (Å²) in [5.41, 5.74) is 0.240. The molecule has 0 radical (unpaired) electrons. The Bertz CT molecular complexity index is 1430. The monoisotopic (exact) mass is 471 g/mol. The van der Waals surface area contributed by atoms with E-state index in [0.29, 0.717) is 10.5 Å². The third-order valence-corrected chi connectivity index (χ3v) is 6.75. The van der Waals surface area contributed by atoms with Gasteiger partial charge in [0.15, 0.2) is 4.80 Å². The van der Waals surface area contributed by atoms with Gasteiger partial charge in [0.05, 0.1) is 27.3 Å². The van der Waals surface area contributed by atoms with Crippen molar-refractivity contribution in [1.82, 2.24) is 4.57 Å². The highest BCUT2D eigenvalue weighted by molar-refractivity contribution is 7.10. The molecule has 11 heteroatoms. The molecule has 0 bridgehead atoms. The minimum Gasteiger partial charge on any atom is -0.507 e. The number of ether oxygens (including phenoxy) is 1. The lowest BCUT2D eigenvalue weighted by Crippen LogP contribution is -2.39. The number of hydrogen-bond donors (Lipinski definition) is 1. The zero-order valence-corrected chi connectivity index (χ0v) is 18.6. The summed E-state index contributed by atoms with van der Waals surface area (Å²) in [6, 6.07) is 6.54. The van der Waals surface area contributed by atoms with E-state index in [0.717, 1.165) is 16.2 Å². The van der Waals surface area contributed by atoms with Crippen molar-refractivity contribution in [1.29, 1.82) is 0 Å². The van der Waals surface area contributed by atoms with E-state index in [1.54, 1.807) is 13.8 Å². The topological polar surface area (TPSA) is 124 Å². The molecular formula is C21H17N3O6S2. The van der Waals surface area contributed by atoms with Crippen molar-refractivity contribution in [2.24, 2.45) is 4.99 Å². The fraction of sp³-hybridized carbons (Fsp3) is 0.190. The second-order valence-corrected chi connectivity index (χ2v) is 8.81. The normalized spacial score (nSPS) is 15.9. The number of nitrogens with zero attached hydrogens (tertiary/aromatic N) is 3. The first kappa shape index (κ1) is 21.7. The zero-order chi connectivity index (χ0) is 23.0. The van der Waals surface area contributed by atoms with Crippen molar-refractivity contribution in [3.8, 4) is 5.75 Å². The van der Waals surface area contributed by atoms with E-state index in [1.807, 2.05) is 17.5 Å². The van der Waals surface area contributed by atoms with E-state index in [1.165, 1.54) is 40.2 Å². The standard InChI is InChI=1S/C21H17N3O6S2/c1-3-30-20(27)17-11(2)22-21-23(18(17)15-5-4-8-31-15)19(26)16(32-21)10-12-9-13(24(28)29)6-7-14(12)25/h4-10,18,25H,3H2,1-2H3/b16-10+. The molecule has 1 N–H and O–H groups in total. The zero-order valence-electron chi connectivity index (χ0n) is 17.0. The number of phenolic OH excluding ortho intramolecular Hbond substituents is 1. The van der Waals surface area contributed by atoms with Crippen LogP contribution in [-0.4, -0.2) is 27.2 Å². The third kappa shape index (κ3) is 3.76. The molecule has 1 unspecified atom stereocenters. The van der Waals surface area contributed by atoms with Crippen LogP contribution in [0.2, 0.25) is 0 Å². The number of thiazole rings is 1. The molecule has 0 amide bonds. The van der Waals surface area contributed by atoms with Crippen LogP contribution in [0.3, 0.4) is 0 Å². The van der Waals surface area contributed by atoms with Gasteiger partial charge < -0.3 is 9.84 Å². The number of thiophene rings is 1. The van der Waals surface area contributed by atoms with Crippen LogP contribution in [0.1, 0.15) is 30.3 Å². The van der Waals surface area contributed by atoms with Gasteiger partial charge in [0, 0.05) is 22.6 Å². The van der Waals surface area contributed by atoms with E-state index >= 15 is 0 Å². The fourth-order valence-electron chi connectivity index (χ4n) is 3.42. The number of non-ortho nitro benzene ring substituents is 1. The number of hydrogen-bond acceptors (Lipinski definition) is 9. The van der Waals surface area contributed by atoms with Gasteiger partial charge >= 0.3 is 5.97 Å². The largest absolute Gasteiger partial charge is 0.507 e. The number of aromatic hydroxyl groups is 1. The van der Waals surface area contributed by atoms with E-state index < -0.39 is 22.5 Å². The Morgan fingerprint density at radius 3 is 2.84 bits per heavy atom. The van der Waals surface area contributed by atoms with Gasteiger partial charge in [0.1, 0.15) is 11.8 Å². The van der Waals surface area contributed by atoms with Crippen LogP contribution in [0.4, 0.5) is 5.69 Å². The Morgan fingerprint density at radius 1 is 1.41 bits per heavy atom. The van der Waals surface area contributed by atoms with Crippen LogP contribution >= 0.6 is 22.7 Å². The maximum atomic E-state index is 13.4. The van der Waals surface area contributed by atoms with E-state index in [2.05, 4.69) is 4.99 Å². The lowest BCUT2D eigenvalue weighted by molar-refractivity contribution is -0.384. The lowest BCUT2D eigenvalue weighted by atomic mass is 10.0. The average Bonchev–Trinajstić information content (AvgIpc) is 3.37. The summed E-state index contributed by atoms with van der Waals surface area (Å²) in [6.45, 7) is 3.58. The van der Waals surface area contributed by atoms with Crippen LogP contribution in [0, 0.1) is 10.1 Å². The Morgan fingerprint density at radius 2 is 2.19 bits per heavy atom. The maximum absolute atomic E-state index is 13.4. The van der Waals surface area contributed by atoms with Crippen molar-refractivity contribution >= 4 is 40.4 Å². The average molecular weight is 472 g/mol. The highest BCUT2D eigenvalue weighted by Crippen LogP contribution is 2.33. The SMILES string of the molecule is CCOC(=O)C1=C(C)N=c2s/c(=C/c3cc([N+](=O)[O-])ccc3O)c(=O)n2C1c1cccs1. The Hall–Kier alpha value is -3.57. The number of esters is 1. The summed E-state index contributed by atoms with van der Waals surface area (Å²) in [6.07, 6.45) is 1.39.